The molecule has 6 heteroatoms. The number of hydrogen-bond acceptors (Lipinski definition) is 3. The molecule has 1 amide bonds. The number of carbonyl (C=O) groups excluding carboxylic acids is 1. The second-order valence-electron chi connectivity index (χ2n) is 6.13. The second kappa shape index (κ2) is 5.78. The van der Waals surface area contributed by atoms with Crippen LogP contribution in [-0.4, -0.2) is 29.5 Å². The minimum atomic E-state index is -0.208. The molecule has 0 aliphatic carbocycles. The zero-order chi connectivity index (χ0) is 14.9. The molecule has 1 aromatic rings. The number of hydrogen-bond donors (Lipinski definition) is 1. The maximum Gasteiger partial charge on any atom is 0.225 e. The summed E-state index contributed by atoms with van der Waals surface area (Å²) in [6.07, 6.45) is 2.38. The molecule has 1 aliphatic rings. The van der Waals surface area contributed by atoms with Crippen molar-refractivity contribution in [1.29, 1.82) is 0 Å². The van der Waals surface area contributed by atoms with Gasteiger partial charge in [-0.05, 0) is 33.3 Å². The van der Waals surface area contributed by atoms with E-state index in [1.165, 1.54) is 0 Å². The van der Waals surface area contributed by atoms with Crippen LogP contribution in [0.15, 0.2) is 12.3 Å². The van der Waals surface area contributed by atoms with Gasteiger partial charge in [0.05, 0.1) is 16.0 Å². The van der Waals surface area contributed by atoms with E-state index in [2.05, 4.69) is 10.3 Å². The number of pyridine rings is 1. The number of amides is 1. The van der Waals surface area contributed by atoms with E-state index < -0.39 is 0 Å². The first kappa shape index (κ1) is 15.4. The lowest BCUT2D eigenvalue weighted by molar-refractivity contribution is -0.125. The van der Waals surface area contributed by atoms with E-state index in [0.717, 1.165) is 13.0 Å². The topological polar surface area (TPSA) is 45.2 Å². The Balaban J connectivity index is 2.03. The van der Waals surface area contributed by atoms with Crippen molar-refractivity contribution >= 4 is 34.9 Å². The van der Waals surface area contributed by atoms with Crippen LogP contribution in [0.3, 0.4) is 0 Å². The predicted octanol–water partition coefficient (Wildman–Crippen LogP) is 3.13. The largest absolute Gasteiger partial charge is 0.355 e. The number of aromatic nitrogens is 1. The normalized spacial score (nSPS) is 19.2. The molecule has 0 aromatic carbocycles. The molecule has 2 heterocycles. The number of halogens is 2. The number of nitrogens with zero attached hydrogens (tertiary/aromatic N) is 2. The number of nitrogens with one attached hydrogen (secondary N) is 1. The fourth-order valence-corrected chi connectivity index (χ4v) is 2.78. The van der Waals surface area contributed by atoms with Gasteiger partial charge >= 0.3 is 0 Å². The van der Waals surface area contributed by atoms with Crippen LogP contribution in [0.5, 0.6) is 0 Å². The van der Waals surface area contributed by atoms with Gasteiger partial charge in [0.1, 0.15) is 5.82 Å². The molecule has 1 unspecified atom stereocenters. The Morgan fingerprint density at radius 2 is 2.15 bits per heavy atom. The van der Waals surface area contributed by atoms with Gasteiger partial charge in [-0.2, -0.15) is 0 Å². The van der Waals surface area contributed by atoms with Gasteiger partial charge in [0.15, 0.2) is 0 Å². The minimum absolute atomic E-state index is 0.0252. The van der Waals surface area contributed by atoms with Gasteiger partial charge in [-0.1, -0.05) is 23.2 Å². The van der Waals surface area contributed by atoms with E-state index in [9.17, 15) is 4.79 Å². The highest BCUT2D eigenvalue weighted by Crippen LogP contribution is 2.30. The maximum absolute atomic E-state index is 12.2. The first-order valence-electron chi connectivity index (χ1n) is 6.64. The molecule has 1 N–H and O–H groups in total. The third kappa shape index (κ3) is 3.76. The molecule has 4 nitrogen and oxygen atoms in total. The van der Waals surface area contributed by atoms with E-state index in [1.54, 1.807) is 12.3 Å². The maximum atomic E-state index is 12.2. The fraction of sp³-hybridized carbons (Fsp3) is 0.571. The van der Waals surface area contributed by atoms with Crippen LogP contribution < -0.4 is 10.2 Å². The smallest absolute Gasteiger partial charge is 0.225 e. The average Bonchev–Trinajstić information content (AvgIpc) is 2.75. The molecule has 0 saturated carbocycles. The van der Waals surface area contributed by atoms with Gasteiger partial charge < -0.3 is 10.2 Å². The molecular formula is C14H19Cl2N3O. The Morgan fingerprint density at radius 1 is 1.45 bits per heavy atom. The van der Waals surface area contributed by atoms with Crippen LogP contribution in [0.2, 0.25) is 10.0 Å². The van der Waals surface area contributed by atoms with Gasteiger partial charge in [-0.15, -0.1) is 0 Å². The van der Waals surface area contributed by atoms with Crippen molar-refractivity contribution in [1.82, 2.24) is 10.3 Å². The summed E-state index contributed by atoms with van der Waals surface area (Å²) >= 11 is 12.0. The van der Waals surface area contributed by atoms with Crippen molar-refractivity contribution in [2.45, 2.75) is 32.7 Å². The Bertz CT molecular complexity index is 514. The monoisotopic (exact) mass is 315 g/mol. The number of rotatable bonds is 2. The Labute approximate surface area is 129 Å². The number of anilines is 1. The predicted molar refractivity (Wildman–Crippen MR) is 82.5 cm³/mol. The quantitative estimate of drug-likeness (QED) is 0.912. The van der Waals surface area contributed by atoms with E-state index in [-0.39, 0.29) is 17.4 Å². The fourth-order valence-electron chi connectivity index (χ4n) is 2.28. The van der Waals surface area contributed by atoms with Crippen LogP contribution in [0.4, 0.5) is 5.82 Å². The molecule has 0 radical (unpaired) electrons. The molecule has 0 spiro atoms. The van der Waals surface area contributed by atoms with Gasteiger partial charge in [0.2, 0.25) is 5.91 Å². The SMILES string of the molecule is CC(C)(C)NC(=O)C1CCN(c2ncc(Cl)cc2Cl)C1. The Kier molecular flexibility index (Phi) is 4.45. The zero-order valence-electron chi connectivity index (χ0n) is 11.9. The summed E-state index contributed by atoms with van der Waals surface area (Å²) in [7, 11) is 0. The molecule has 2 rings (SSSR count). The van der Waals surface area contributed by atoms with Gasteiger partial charge in [-0.3, -0.25) is 4.79 Å². The molecular weight excluding hydrogens is 297 g/mol. The Morgan fingerprint density at radius 3 is 2.75 bits per heavy atom. The summed E-state index contributed by atoms with van der Waals surface area (Å²) < 4.78 is 0. The molecule has 1 aliphatic heterocycles. The summed E-state index contributed by atoms with van der Waals surface area (Å²) in [5.74, 6) is 0.759. The molecule has 1 atom stereocenters. The molecule has 1 fully saturated rings. The van der Waals surface area contributed by atoms with Crippen LogP contribution in [0, 0.1) is 5.92 Å². The van der Waals surface area contributed by atoms with Crippen LogP contribution >= 0.6 is 23.2 Å². The average molecular weight is 316 g/mol. The molecule has 1 saturated heterocycles. The lowest BCUT2D eigenvalue weighted by Gasteiger charge is -2.23. The Hall–Kier alpha value is -1.000. The molecule has 110 valence electrons. The van der Waals surface area contributed by atoms with Crippen molar-refractivity contribution in [2.24, 2.45) is 5.92 Å². The van der Waals surface area contributed by atoms with Gasteiger partial charge in [0.25, 0.3) is 0 Å². The molecule has 1 aromatic heterocycles. The highest BCUT2D eigenvalue weighted by Gasteiger charge is 2.31. The summed E-state index contributed by atoms with van der Waals surface area (Å²) in [6, 6.07) is 1.67. The zero-order valence-corrected chi connectivity index (χ0v) is 13.4. The third-order valence-corrected chi connectivity index (χ3v) is 3.63. The van der Waals surface area contributed by atoms with Crippen molar-refractivity contribution in [3.63, 3.8) is 0 Å². The van der Waals surface area contributed by atoms with Crippen LogP contribution in [0.1, 0.15) is 27.2 Å². The lowest BCUT2D eigenvalue weighted by atomic mass is 10.0. The molecule has 0 bridgehead atoms. The minimum Gasteiger partial charge on any atom is -0.355 e. The highest BCUT2D eigenvalue weighted by molar-refractivity contribution is 6.36. The summed E-state index contributed by atoms with van der Waals surface area (Å²) in [6.45, 7) is 7.35. The molecule has 20 heavy (non-hydrogen) atoms. The van der Waals surface area contributed by atoms with Crippen molar-refractivity contribution in [3.8, 4) is 0 Å². The standard InChI is InChI=1S/C14H19Cl2N3O/c1-14(2,3)18-13(20)9-4-5-19(8-9)12-11(16)6-10(15)7-17-12/h6-7,9H,4-5,8H2,1-3H3,(H,18,20). The highest BCUT2D eigenvalue weighted by atomic mass is 35.5. The van der Waals surface area contributed by atoms with E-state index in [1.807, 2.05) is 25.7 Å². The van der Waals surface area contributed by atoms with Gasteiger partial charge in [-0.25, -0.2) is 4.98 Å². The van der Waals surface area contributed by atoms with E-state index in [4.69, 9.17) is 23.2 Å². The first-order valence-corrected chi connectivity index (χ1v) is 7.40. The second-order valence-corrected chi connectivity index (χ2v) is 6.97. The van der Waals surface area contributed by atoms with Crippen molar-refractivity contribution in [3.05, 3.63) is 22.3 Å². The van der Waals surface area contributed by atoms with Crippen LogP contribution in [-0.2, 0) is 4.79 Å². The summed E-state index contributed by atoms with van der Waals surface area (Å²) in [5, 5.41) is 4.05. The van der Waals surface area contributed by atoms with Crippen molar-refractivity contribution in [2.75, 3.05) is 18.0 Å². The van der Waals surface area contributed by atoms with E-state index >= 15 is 0 Å². The first-order chi connectivity index (χ1) is 9.26. The summed E-state index contributed by atoms with van der Waals surface area (Å²) in [5.41, 5.74) is -0.208. The third-order valence-electron chi connectivity index (χ3n) is 3.15. The van der Waals surface area contributed by atoms with Gasteiger partial charge in [0, 0.05) is 24.8 Å². The lowest BCUT2D eigenvalue weighted by Crippen LogP contribution is -2.44. The number of carbonyl (C=O) groups is 1. The summed E-state index contributed by atoms with van der Waals surface area (Å²) in [4.78, 5) is 18.5. The van der Waals surface area contributed by atoms with Crippen LogP contribution in [0.25, 0.3) is 0 Å². The van der Waals surface area contributed by atoms with Crippen molar-refractivity contribution < 1.29 is 4.79 Å². The van der Waals surface area contributed by atoms with E-state index in [0.29, 0.717) is 22.4 Å².